The Morgan fingerprint density at radius 3 is 2.50 bits per heavy atom. The Balaban J connectivity index is 2.47. The third kappa shape index (κ3) is 4.11. The van der Waals surface area contributed by atoms with E-state index < -0.39 is 0 Å². The topological polar surface area (TPSA) is 26.0 Å². The van der Waals surface area contributed by atoms with Crippen molar-refractivity contribution in [1.82, 2.24) is 0 Å². The molecule has 0 aliphatic carbocycles. The number of rotatable bonds is 3. The van der Waals surface area contributed by atoms with E-state index in [1.54, 1.807) is 11.3 Å². The molecular formula is C11H18BrNS. The molecule has 0 radical (unpaired) electrons. The van der Waals surface area contributed by atoms with E-state index in [-0.39, 0.29) is 6.04 Å². The summed E-state index contributed by atoms with van der Waals surface area (Å²) in [5.41, 5.74) is 6.49. The molecule has 3 heteroatoms. The lowest BCUT2D eigenvalue weighted by Gasteiger charge is -2.20. The minimum absolute atomic E-state index is 0.200. The molecule has 1 heterocycles. The molecule has 2 N–H and O–H groups in total. The van der Waals surface area contributed by atoms with Crippen LogP contribution < -0.4 is 5.73 Å². The average molecular weight is 276 g/mol. The van der Waals surface area contributed by atoms with Gasteiger partial charge in [-0.2, -0.15) is 0 Å². The number of thiophene rings is 1. The Morgan fingerprint density at radius 1 is 1.43 bits per heavy atom. The fraction of sp³-hybridized carbons (Fsp3) is 0.636. The van der Waals surface area contributed by atoms with Crippen molar-refractivity contribution in [3.8, 4) is 0 Å². The molecule has 1 rings (SSSR count). The normalized spacial score (nSPS) is 14.4. The van der Waals surface area contributed by atoms with Gasteiger partial charge in [0.05, 0.1) is 3.79 Å². The van der Waals surface area contributed by atoms with Crippen LogP contribution in [0.25, 0.3) is 0 Å². The van der Waals surface area contributed by atoms with E-state index in [1.165, 1.54) is 15.1 Å². The minimum atomic E-state index is 0.200. The molecule has 80 valence electrons. The van der Waals surface area contributed by atoms with Crippen LogP contribution in [-0.2, 0) is 0 Å². The van der Waals surface area contributed by atoms with E-state index in [0.717, 1.165) is 6.42 Å². The summed E-state index contributed by atoms with van der Waals surface area (Å²) in [5.74, 6) is 0. The zero-order valence-corrected chi connectivity index (χ0v) is 11.4. The van der Waals surface area contributed by atoms with Crippen LogP contribution in [0.5, 0.6) is 0 Å². The molecule has 0 fully saturated rings. The lowest BCUT2D eigenvalue weighted by Crippen LogP contribution is -2.13. The second-order valence-corrected chi connectivity index (χ2v) is 7.34. The van der Waals surface area contributed by atoms with Crippen molar-refractivity contribution in [1.29, 1.82) is 0 Å². The van der Waals surface area contributed by atoms with Gasteiger partial charge in [0.1, 0.15) is 0 Å². The standard InChI is InChI=1S/C11H18BrNS/c1-11(2,3)7-6-8(13)9-4-5-10(12)14-9/h4-5,8H,6-7,13H2,1-3H3. The lowest BCUT2D eigenvalue weighted by molar-refractivity contribution is 0.351. The van der Waals surface area contributed by atoms with Crippen molar-refractivity contribution >= 4 is 27.3 Å². The molecule has 0 spiro atoms. The van der Waals surface area contributed by atoms with Crippen molar-refractivity contribution in [2.24, 2.45) is 11.1 Å². The summed E-state index contributed by atoms with van der Waals surface area (Å²) in [7, 11) is 0. The Hall–Kier alpha value is 0.140. The summed E-state index contributed by atoms with van der Waals surface area (Å²) in [4.78, 5) is 1.28. The van der Waals surface area contributed by atoms with Crippen LogP contribution in [0, 0.1) is 5.41 Å². The molecule has 1 unspecified atom stereocenters. The highest BCUT2D eigenvalue weighted by molar-refractivity contribution is 9.11. The Kier molecular flexibility index (Phi) is 4.16. The van der Waals surface area contributed by atoms with Crippen LogP contribution in [0.15, 0.2) is 15.9 Å². The first-order valence-corrected chi connectivity index (χ1v) is 6.50. The van der Waals surface area contributed by atoms with Crippen molar-refractivity contribution in [3.05, 3.63) is 20.8 Å². The Bertz CT molecular complexity index is 288. The maximum absolute atomic E-state index is 6.11. The first-order chi connectivity index (χ1) is 6.38. The largest absolute Gasteiger partial charge is 0.323 e. The number of hydrogen-bond donors (Lipinski definition) is 1. The summed E-state index contributed by atoms with van der Waals surface area (Å²) in [6.45, 7) is 6.76. The molecule has 1 nitrogen and oxygen atoms in total. The number of hydrogen-bond acceptors (Lipinski definition) is 2. The summed E-state index contributed by atoms with van der Waals surface area (Å²) in [6, 6.07) is 4.38. The van der Waals surface area contributed by atoms with Gasteiger partial charge in [0.15, 0.2) is 0 Å². The average Bonchev–Trinajstić information content (AvgIpc) is 2.46. The van der Waals surface area contributed by atoms with Gasteiger partial charge in [-0.05, 0) is 46.3 Å². The van der Waals surface area contributed by atoms with Crippen LogP contribution in [0.1, 0.15) is 44.5 Å². The van der Waals surface area contributed by atoms with Crippen LogP contribution in [0.2, 0.25) is 0 Å². The number of halogens is 1. The van der Waals surface area contributed by atoms with Gasteiger partial charge in [-0.1, -0.05) is 20.8 Å². The van der Waals surface area contributed by atoms with E-state index in [0.29, 0.717) is 5.41 Å². The van der Waals surface area contributed by atoms with Gasteiger partial charge in [-0.15, -0.1) is 11.3 Å². The predicted molar refractivity (Wildman–Crippen MR) is 67.6 cm³/mol. The molecule has 1 aromatic heterocycles. The van der Waals surface area contributed by atoms with Crippen LogP contribution in [-0.4, -0.2) is 0 Å². The molecule has 0 amide bonds. The second-order valence-electron chi connectivity index (χ2n) is 4.85. The summed E-state index contributed by atoms with van der Waals surface area (Å²) in [5, 5.41) is 0. The van der Waals surface area contributed by atoms with Crippen molar-refractivity contribution in [2.75, 3.05) is 0 Å². The molecule has 0 saturated heterocycles. The SMILES string of the molecule is CC(C)(C)CCC(N)c1ccc(Br)s1. The minimum Gasteiger partial charge on any atom is -0.323 e. The summed E-state index contributed by atoms with van der Waals surface area (Å²) < 4.78 is 1.17. The number of nitrogens with two attached hydrogens (primary N) is 1. The zero-order valence-electron chi connectivity index (χ0n) is 9.01. The zero-order chi connectivity index (χ0) is 10.8. The first kappa shape index (κ1) is 12.2. The molecule has 1 aromatic rings. The maximum atomic E-state index is 6.11. The van der Waals surface area contributed by atoms with Crippen molar-refractivity contribution < 1.29 is 0 Å². The highest BCUT2D eigenvalue weighted by Crippen LogP contribution is 2.31. The van der Waals surface area contributed by atoms with Crippen molar-refractivity contribution in [3.63, 3.8) is 0 Å². The van der Waals surface area contributed by atoms with Gasteiger partial charge in [0.25, 0.3) is 0 Å². The molecule has 0 aromatic carbocycles. The molecule has 1 atom stereocenters. The van der Waals surface area contributed by atoms with Crippen LogP contribution in [0.3, 0.4) is 0 Å². The Morgan fingerprint density at radius 2 is 2.07 bits per heavy atom. The molecule has 0 saturated carbocycles. The van der Waals surface area contributed by atoms with E-state index >= 15 is 0 Å². The molecule has 0 aliphatic heterocycles. The van der Waals surface area contributed by atoms with Gasteiger partial charge in [-0.25, -0.2) is 0 Å². The van der Waals surface area contributed by atoms with Gasteiger partial charge in [-0.3, -0.25) is 0 Å². The Labute approximate surface area is 98.8 Å². The third-order valence-corrected chi connectivity index (χ3v) is 3.92. The van der Waals surface area contributed by atoms with E-state index in [4.69, 9.17) is 5.73 Å². The highest BCUT2D eigenvalue weighted by Gasteiger charge is 2.14. The smallest absolute Gasteiger partial charge is 0.0701 e. The maximum Gasteiger partial charge on any atom is 0.0701 e. The molecular weight excluding hydrogens is 258 g/mol. The van der Waals surface area contributed by atoms with Gasteiger partial charge in [0.2, 0.25) is 0 Å². The van der Waals surface area contributed by atoms with Gasteiger partial charge in [0, 0.05) is 10.9 Å². The quantitative estimate of drug-likeness (QED) is 0.873. The lowest BCUT2D eigenvalue weighted by atomic mass is 9.88. The van der Waals surface area contributed by atoms with E-state index in [1.807, 2.05) is 0 Å². The summed E-state index contributed by atoms with van der Waals surface area (Å²) in [6.07, 6.45) is 2.24. The fourth-order valence-corrected chi connectivity index (χ4v) is 2.72. The van der Waals surface area contributed by atoms with Crippen LogP contribution >= 0.6 is 27.3 Å². The fourth-order valence-electron chi connectivity index (χ4n) is 1.26. The molecule has 0 bridgehead atoms. The van der Waals surface area contributed by atoms with E-state index in [9.17, 15) is 0 Å². The molecule has 14 heavy (non-hydrogen) atoms. The molecule has 0 aliphatic rings. The second kappa shape index (κ2) is 4.77. The predicted octanol–water partition coefficient (Wildman–Crippen LogP) is 4.34. The third-order valence-electron chi connectivity index (χ3n) is 2.16. The summed E-state index contributed by atoms with van der Waals surface area (Å²) >= 11 is 5.19. The first-order valence-electron chi connectivity index (χ1n) is 4.89. The van der Waals surface area contributed by atoms with E-state index in [2.05, 4.69) is 48.8 Å². The highest BCUT2D eigenvalue weighted by atomic mass is 79.9. The van der Waals surface area contributed by atoms with Crippen LogP contribution in [0.4, 0.5) is 0 Å². The van der Waals surface area contributed by atoms with Gasteiger partial charge >= 0.3 is 0 Å². The van der Waals surface area contributed by atoms with Gasteiger partial charge < -0.3 is 5.73 Å². The monoisotopic (exact) mass is 275 g/mol. The van der Waals surface area contributed by atoms with Crippen molar-refractivity contribution in [2.45, 2.75) is 39.7 Å².